The molecule has 0 spiro atoms. The van der Waals surface area contributed by atoms with E-state index in [4.69, 9.17) is 0 Å². The summed E-state index contributed by atoms with van der Waals surface area (Å²) in [7, 11) is 0. The summed E-state index contributed by atoms with van der Waals surface area (Å²) in [6.07, 6.45) is -1.12. The smallest absolute Gasteiger partial charge is 0.268 e. The van der Waals surface area contributed by atoms with Gasteiger partial charge in [0, 0.05) is 11.5 Å². The zero-order chi connectivity index (χ0) is 15.7. The van der Waals surface area contributed by atoms with E-state index in [1.54, 1.807) is 24.3 Å². The molecule has 3 rings (SSSR count). The minimum Gasteiger partial charge on any atom is -0.394 e. The highest BCUT2D eigenvalue weighted by Crippen LogP contribution is 2.42. The highest BCUT2D eigenvalue weighted by molar-refractivity contribution is 8.11. The zero-order valence-electron chi connectivity index (χ0n) is 11.6. The van der Waals surface area contributed by atoms with Crippen LogP contribution < -0.4 is 0 Å². The highest BCUT2D eigenvalue weighted by Gasteiger charge is 2.45. The van der Waals surface area contributed by atoms with Crippen molar-refractivity contribution in [3.8, 4) is 0 Å². The summed E-state index contributed by atoms with van der Waals surface area (Å²) in [4.78, 5) is 26.9. The molecule has 0 unspecified atom stereocenters. The molecule has 0 saturated heterocycles. The quantitative estimate of drug-likeness (QED) is 0.803. The monoisotopic (exact) mass is 337 g/mol. The SMILES string of the molecule is O=C1C2=C(SCCS2)C(=O)N1[C@@H](CO)[C@@H](O)c1ccccc1. The van der Waals surface area contributed by atoms with Gasteiger partial charge in [0.15, 0.2) is 0 Å². The Morgan fingerprint density at radius 2 is 1.59 bits per heavy atom. The van der Waals surface area contributed by atoms with E-state index in [0.717, 1.165) is 16.4 Å². The molecule has 22 heavy (non-hydrogen) atoms. The Balaban J connectivity index is 1.89. The number of carbonyl (C=O) groups is 2. The van der Waals surface area contributed by atoms with Crippen molar-refractivity contribution in [3.05, 3.63) is 45.7 Å². The number of imide groups is 1. The standard InChI is InChI=1S/C15H15NO4S2/c17-8-10(11(18)9-4-2-1-3-5-9)16-14(19)12-13(15(16)20)22-7-6-21-12/h1-5,10-11,17-18H,6-8H2/t10-,11-/m0/s1. The fourth-order valence-corrected chi connectivity index (χ4v) is 4.85. The van der Waals surface area contributed by atoms with Gasteiger partial charge in [0.1, 0.15) is 6.10 Å². The summed E-state index contributed by atoms with van der Waals surface area (Å²) < 4.78 is 0. The first-order valence-electron chi connectivity index (χ1n) is 6.86. The number of rotatable bonds is 4. The van der Waals surface area contributed by atoms with E-state index in [1.807, 2.05) is 6.07 Å². The molecular weight excluding hydrogens is 322 g/mol. The largest absolute Gasteiger partial charge is 0.394 e. The molecule has 0 fully saturated rings. The van der Waals surface area contributed by atoms with Gasteiger partial charge in [-0.3, -0.25) is 14.5 Å². The Hall–Kier alpha value is -1.28. The van der Waals surface area contributed by atoms with E-state index in [2.05, 4.69) is 0 Å². The fraction of sp³-hybridized carbons (Fsp3) is 0.333. The third-order valence-corrected chi connectivity index (χ3v) is 6.17. The predicted octanol–water partition coefficient (Wildman–Crippen LogP) is 1.14. The first-order chi connectivity index (χ1) is 10.6. The molecule has 2 aliphatic heterocycles. The molecule has 116 valence electrons. The third-order valence-electron chi connectivity index (χ3n) is 3.63. The van der Waals surface area contributed by atoms with Crippen molar-refractivity contribution < 1.29 is 19.8 Å². The Bertz CT molecular complexity index is 604. The summed E-state index contributed by atoms with van der Waals surface area (Å²) in [6, 6.07) is 7.76. The second kappa shape index (κ2) is 6.45. The van der Waals surface area contributed by atoms with Crippen molar-refractivity contribution in [2.45, 2.75) is 12.1 Å². The minimum absolute atomic E-state index is 0.411. The molecule has 0 bridgehead atoms. The van der Waals surface area contributed by atoms with Crippen molar-refractivity contribution in [1.29, 1.82) is 0 Å². The molecule has 5 nitrogen and oxygen atoms in total. The molecule has 2 aliphatic rings. The summed E-state index contributed by atoms with van der Waals surface area (Å²) in [6.45, 7) is -0.483. The number of benzene rings is 1. The summed E-state index contributed by atoms with van der Waals surface area (Å²) in [5.41, 5.74) is 0.562. The molecule has 0 aliphatic carbocycles. The van der Waals surface area contributed by atoms with Crippen LogP contribution >= 0.6 is 23.5 Å². The van der Waals surface area contributed by atoms with E-state index in [9.17, 15) is 19.8 Å². The lowest BCUT2D eigenvalue weighted by Gasteiger charge is -2.29. The molecule has 0 aromatic heterocycles. The third kappa shape index (κ3) is 2.58. The number of nitrogens with zero attached hydrogens (tertiary/aromatic N) is 1. The number of thioether (sulfide) groups is 2. The average Bonchev–Trinajstić information content (AvgIpc) is 2.82. The van der Waals surface area contributed by atoms with Gasteiger partial charge in [-0.25, -0.2) is 0 Å². The molecule has 2 atom stereocenters. The van der Waals surface area contributed by atoms with Crippen LogP contribution in [-0.2, 0) is 9.59 Å². The minimum atomic E-state index is -1.12. The van der Waals surface area contributed by atoms with Gasteiger partial charge in [0.25, 0.3) is 11.8 Å². The molecule has 7 heteroatoms. The number of amides is 2. The van der Waals surface area contributed by atoms with Crippen molar-refractivity contribution in [1.82, 2.24) is 4.90 Å². The van der Waals surface area contributed by atoms with Gasteiger partial charge >= 0.3 is 0 Å². The lowest BCUT2D eigenvalue weighted by Crippen LogP contribution is -2.46. The summed E-state index contributed by atoms with van der Waals surface area (Å²) in [5, 5.41) is 20.1. The number of hydrogen-bond acceptors (Lipinski definition) is 6. The molecule has 2 N–H and O–H groups in total. The van der Waals surface area contributed by atoms with Crippen LogP contribution in [0.5, 0.6) is 0 Å². The molecule has 0 saturated carbocycles. The first kappa shape index (κ1) is 15.6. The van der Waals surface area contributed by atoms with Gasteiger partial charge in [0.05, 0.1) is 22.5 Å². The number of carbonyl (C=O) groups excluding carboxylic acids is 2. The zero-order valence-corrected chi connectivity index (χ0v) is 13.3. The van der Waals surface area contributed by atoms with Gasteiger partial charge < -0.3 is 10.2 Å². The van der Waals surface area contributed by atoms with Crippen LogP contribution in [-0.4, -0.2) is 51.1 Å². The van der Waals surface area contributed by atoms with Crippen molar-refractivity contribution in [2.75, 3.05) is 18.1 Å². The Morgan fingerprint density at radius 1 is 1.05 bits per heavy atom. The molecule has 1 aromatic rings. The Labute approximate surface area is 136 Å². The van der Waals surface area contributed by atoms with E-state index in [0.29, 0.717) is 15.4 Å². The number of aliphatic hydroxyl groups is 2. The van der Waals surface area contributed by atoms with E-state index in [1.165, 1.54) is 23.5 Å². The lowest BCUT2D eigenvalue weighted by molar-refractivity contribution is -0.144. The molecule has 2 heterocycles. The topological polar surface area (TPSA) is 77.8 Å². The van der Waals surface area contributed by atoms with Crippen LogP contribution in [0.15, 0.2) is 40.1 Å². The van der Waals surface area contributed by atoms with E-state index in [-0.39, 0.29) is 0 Å². The second-order valence-corrected chi connectivity index (χ2v) is 7.15. The Kier molecular flexibility index (Phi) is 4.58. The molecule has 1 aromatic carbocycles. The van der Waals surface area contributed by atoms with E-state index < -0.39 is 30.6 Å². The highest BCUT2D eigenvalue weighted by atomic mass is 32.2. The van der Waals surface area contributed by atoms with Crippen molar-refractivity contribution in [3.63, 3.8) is 0 Å². The van der Waals surface area contributed by atoms with Crippen LogP contribution in [0.4, 0.5) is 0 Å². The van der Waals surface area contributed by atoms with Gasteiger partial charge in [-0.2, -0.15) is 0 Å². The van der Waals surface area contributed by atoms with Crippen molar-refractivity contribution in [2.24, 2.45) is 0 Å². The lowest BCUT2D eigenvalue weighted by atomic mass is 10.0. The first-order valence-corrected chi connectivity index (χ1v) is 8.84. The normalized spacial score (nSPS) is 21.1. The number of hydrogen-bond donors (Lipinski definition) is 2. The predicted molar refractivity (Wildman–Crippen MR) is 86.1 cm³/mol. The fourth-order valence-electron chi connectivity index (χ4n) is 2.54. The molecule has 2 amide bonds. The molecule has 0 radical (unpaired) electrons. The van der Waals surface area contributed by atoms with Gasteiger partial charge in [-0.05, 0) is 5.56 Å². The van der Waals surface area contributed by atoms with E-state index >= 15 is 0 Å². The van der Waals surface area contributed by atoms with Crippen molar-refractivity contribution >= 4 is 35.3 Å². The van der Waals surface area contributed by atoms with Gasteiger partial charge in [-0.15, -0.1) is 23.5 Å². The van der Waals surface area contributed by atoms with Crippen LogP contribution in [0.3, 0.4) is 0 Å². The van der Waals surface area contributed by atoms with Gasteiger partial charge in [0.2, 0.25) is 0 Å². The van der Waals surface area contributed by atoms with Crippen LogP contribution in [0.25, 0.3) is 0 Å². The summed E-state index contributed by atoms with van der Waals surface area (Å²) >= 11 is 2.74. The second-order valence-electron chi connectivity index (χ2n) is 4.94. The van der Waals surface area contributed by atoms with Crippen LogP contribution in [0, 0.1) is 0 Å². The maximum absolute atomic E-state index is 12.5. The Morgan fingerprint density at radius 3 is 2.09 bits per heavy atom. The van der Waals surface area contributed by atoms with Crippen LogP contribution in [0.2, 0.25) is 0 Å². The van der Waals surface area contributed by atoms with Crippen LogP contribution in [0.1, 0.15) is 11.7 Å². The average molecular weight is 337 g/mol. The summed E-state index contributed by atoms with van der Waals surface area (Å²) in [5.74, 6) is 0.737. The van der Waals surface area contributed by atoms with Gasteiger partial charge in [-0.1, -0.05) is 30.3 Å². The maximum atomic E-state index is 12.5. The number of aliphatic hydroxyl groups excluding tert-OH is 2. The molecular formula is C15H15NO4S2. The maximum Gasteiger partial charge on any atom is 0.268 e.